The Morgan fingerprint density at radius 3 is 1.47 bits per heavy atom. The molecule has 490 valence electrons. The molecule has 34 nitrogen and oxygen atoms in total. The Hall–Kier alpha value is -8.27. The SMILES string of the molecule is CC(C)C[C@H](NC(=O)[C@H](CO)NC(=O)[C@H](CO)NC(=O)[C@H](C)NC(=O)[C@H](C)NC(=O)[C@@H](NC(=O)[C@@H]1CCCN1C(=O)[C@@H]1CCCN1C(=O)[C@@H](N)CC(C)C)C(C)C)C(=O)N[C@@H](CCCN=C(N)N)C(=O)N[C@@H](CC(N)=O)C(=O)N[C@@H](CC(=O)O)C(=O)O. The summed E-state index contributed by atoms with van der Waals surface area (Å²) in [6.07, 6.45) is -0.206. The first-order chi connectivity index (χ1) is 40.6. The van der Waals surface area contributed by atoms with E-state index in [1.807, 2.05) is 19.2 Å². The van der Waals surface area contributed by atoms with Crippen molar-refractivity contribution in [3.05, 3.63) is 0 Å². The number of aliphatic imine (C=N–C) groups is 1. The number of amides is 12. The van der Waals surface area contributed by atoms with Gasteiger partial charge < -0.3 is 101 Å². The Morgan fingerprint density at radius 1 is 0.517 bits per heavy atom. The van der Waals surface area contributed by atoms with Crippen molar-refractivity contribution in [1.82, 2.24) is 57.7 Å². The molecule has 0 aromatic carbocycles. The summed E-state index contributed by atoms with van der Waals surface area (Å²) < 4.78 is 0. The van der Waals surface area contributed by atoms with E-state index in [1.165, 1.54) is 23.6 Å². The van der Waals surface area contributed by atoms with E-state index in [0.717, 1.165) is 0 Å². The molecule has 2 heterocycles. The van der Waals surface area contributed by atoms with Crippen LogP contribution in [0, 0.1) is 17.8 Å². The Labute approximate surface area is 503 Å². The zero-order valence-electron chi connectivity index (χ0n) is 50.4. The Morgan fingerprint density at radius 2 is 0.966 bits per heavy atom. The van der Waals surface area contributed by atoms with Gasteiger partial charge in [-0.05, 0) is 83.0 Å². The van der Waals surface area contributed by atoms with Gasteiger partial charge in [0.05, 0.1) is 32.1 Å². The molecule has 87 heavy (non-hydrogen) atoms. The third-order valence-corrected chi connectivity index (χ3v) is 14.0. The number of rotatable bonds is 36. The fraction of sp³-hybridized carbons (Fsp3) is 0.717. The number of nitrogens with one attached hydrogen (secondary N) is 9. The highest BCUT2D eigenvalue weighted by Gasteiger charge is 2.44. The molecule has 0 unspecified atom stereocenters. The summed E-state index contributed by atoms with van der Waals surface area (Å²) >= 11 is 0. The molecular weight excluding hydrogens is 1150 g/mol. The minimum Gasteiger partial charge on any atom is -0.481 e. The zero-order valence-corrected chi connectivity index (χ0v) is 50.4. The summed E-state index contributed by atoms with van der Waals surface area (Å²) in [7, 11) is 0. The molecule has 0 saturated carbocycles. The average molecular weight is 1240 g/mol. The van der Waals surface area contributed by atoms with Crippen molar-refractivity contribution < 1.29 is 87.5 Å². The molecule has 12 amide bonds. The van der Waals surface area contributed by atoms with Gasteiger partial charge in [0.2, 0.25) is 70.9 Å². The molecule has 0 aliphatic carbocycles. The number of carbonyl (C=O) groups is 14. The maximum Gasteiger partial charge on any atom is 0.326 e. The van der Waals surface area contributed by atoms with Crippen molar-refractivity contribution >= 4 is 88.8 Å². The van der Waals surface area contributed by atoms with E-state index in [4.69, 9.17) is 28.0 Å². The number of hydrogen-bond donors (Lipinski definition) is 17. The monoisotopic (exact) mass is 1240 g/mol. The largest absolute Gasteiger partial charge is 0.481 e. The third kappa shape index (κ3) is 24.6. The van der Waals surface area contributed by atoms with E-state index in [-0.39, 0.29) is 62.0 Å². The zero-order chi connectivity index (χ0) is 66.2. The fourth-order valence-electron chi connectivity index (χ4n) is 9.47. The van der Waals surface area contributed by atoms with Gasteiger partial charge in [0, 0.05) is 19.6 Å². The van der Waals surface area contributed by atoms with Crippen molar-refractivity contribution in [2.45, 2.75) is 192 Å². The first-order valence-electron chi connectivity index (χ1n) is 28.7. The number of hydrogen-bond acceptors (Lipinski definition) is 18. The van der Waals surface area contributed by atoms with E-state index >= 15 is 0 Å². The lowest BCUT2D eigenvalue weighted by molar-refractivity contribution is -0.147. The summed E-state index contributed by atoms with van der Waals surface area (Å²) in [5.41, 5.74) is 22.3. The van der Waals surface area contributed by atoms with E-state index in [0.29, 0.717) is 38.6 Å². The van der Waals surface area contributed by atoms with Crippen LogP contribution in [-0.2, 0) is 67.1 Å². The van der Waals surface area contributed by atoms with E-state index in [9.17, 15) is 82.4 Å². The van der Waals surface area contributed by atoms with E-state index in [1.54, 1.807) is 27.7 Å². The van der Waals surface area contributed by atoms with Gasteiger partial charge in [-0.15, -0.1) is 0 Å². The van der Waals surface area contributed by atoms with Crippen LogP contribution < -0.4 is 70.8 Å². The standard InChI is InChI=1S/C53H90N16O18/c1-24(2)18-29(54)50(84)69-17-11-14-37(69)51(85)68-16-10-13-36(68)48(82)67-40(26(5)6)49(83)60-27(7)41(75)59-28(8)42(76)65-34(22-70)47(81)66-35(23-71)46(80)62-31(19-25(3)4)44(78)61-30(12-9-15-58-53(56)57)43(77)63-32(20-38(55)72)45(79)64-33(52(86)87)21-39(73)74/h24-37,40,70-71H,9-23,54H2,1-8H3,(H2,55,72)(H,59,75)(H,60,83)(H,61,78)(H,62,80)(H,63,77)(H,64,79)(H,65,76)(H,66,81)(H,67,82)(H,73,74)(H,86,87)(H4,56,57,58)/t27-,28-,29-,30-,31-,32-,33-,34-,35-,36-,37-,40-/m0/s1. The van der Waals surface area contributed by atoms with Crippen molar-refractivity contribution in [2.75, 3.05) is 32.8 Å². The Balaban J connectivity index is 2.15. The second-order valence-electron chi connectivity index (χ2n) is 22.7. The third-order valence-electron chi connectivity index (χ3n) is 14.0. The molecule has 2 fully saturated rings. The lowest BCUT2D eigenvalue weighted by Gasteiger charge is -2.33. The summed E-state index contributed by atoms with van der Waals surface area (Å²) in [6.45, 7) is 11.3. The highest BCUT2D eigenvalue weighted by Crippen LogP contribution is 2.26. The number of nitrogens with zero attached hydrogens (tertiary/aromatic N) is 3. The molecule has 34 heteroatoms. The number of nitrogens with two attached hydrogens (primary N) is 4. The van der Waals surface area contributed by atoms with Gasteiger partial charge in [0.15, 0.2) is 5.96 Å². The van der Waals surface area contributed by atoms with Crippen molar-refractivity contribution in [3.8, 4) is 0 Å². The van der Waals surface area contributed by atoms with E-state index in [2.05, 4.69) is 47.5 Å². The number of guanidine groups is 1. The lowest BCUT2D eigenvalue weighted by atomic mass is 10.0. The summed E-state index contributed by atoms with van der Waals surface area (Å²) in [5, 5.41) is 59.7. The van der Waals surface area contributed by atoms with E-state index < -0.39 is 175 Å². The van der Waals surface area contributed by atoms with Crippen LogP contribution in [0.5, 0.6) is 0 Å². The van der Waals surface area contributed by atoms with Crippen LogP contribution in [0.3, 0.4) is 0 Å². The molecule has 0 spiro atoms. The lowest BCUT2D eigenvalue weighted by Crippen LogP contribution is -2.61. The molecule has 2 rings (SSSR count). The number of likely N-dealkylation sites (tertiary alicyclic amines) is 2. The smallest absolute Gasteiger partial charge is 0.326 e. The van der Waals surface area contributed by atoms with Gasteiger partial charge in [-0.1, -0.05) is 41.5 Å². The molecule has 0 aromatic rings. The molecule has 0 radical (unpaired) electrons. The van der Waals surface area contributed by atoms with Crippen LogP contribution in [-0.4, -0.2) is 224 Å². The predicted octanol–water partition coefficient (Wildman–Crippen LogP) is -7.08. The number of aliphatic hydroxyl groups is 2. The number of carboxylic acids is 2. The summed E-state index contributed by atoms with van der Waals surface area (Å²) in [4.78, 5) is 191. The normalized spacial score (nSPS) is 18.2. The molecule has 2 aliphatic rings. The average Bonchev–Trinajstić information content (AvgIpc) is 2.21. The maximum absolute atomic E-state index is 13.9. The van der Waals surface area contributed by atoms with Crippen LogP contribution in [0.4, 0.5) is 0 Å². The highest BCUT2D eigenvalue weighted by atomic mass is 16.4. The molecule has 0 aromatic heterocycles. The second kappa shape index (κ2) is 36.0. The summed E-state index contributed by atoms with van der Waals surface area (Å²) in [6, 6.07) is -17.2. The summed E-state index contributed by atoms with van der Waals surface area (Å²) in [5.74, 6) is -15.5. The van der Waals surface area contributed by atoms with Crippen LogP contribution in [0.2, 0.25) is 0 Å². The number of aliphatic hydroxyl groups excluding tert-OH is 2. The first-order valence-corrected chi connectivity index (χ1v) is 28.7. The van der Waals surface area contributed by atoms with Crippen molar-refractivity contribution in [3.63, 3.8) is 0 Å². The number of carbonyl (C=O) groups excluding carboxylic acids is 12. The number of primary amides is 1. The molecule has 2 aliphatic heterocycles. The minimum atomic E-state index is -2.00. The highest BCUT2D eigenvalue weighted by molar-refractivity contribution is 6.00. The Bertz CT molecular complexity index is 2510. The Kier molecular flexibility index (Phi) is 31.0. The minimum absolute atomic E-state index is 0.00994. The van der Waals surface area contributed by atoms with Gasteiger partial charge in [0.25, 0.3) is 0 Å². The van der Waals surface area contributed by atoms with Crippen LogP contribution in [0.25, 0.3) is 0 Å². The van der Waals surface area contributed by atoms with Crippen molar-refractivity contribution in [2.24, 2.45) is 45.7 Å². The first kappa shape index (κ1) is 74.8. The van der Waals surface area contributed by atoms with Gasteiger partial charge >= 0.3 is 11.9 Å². The molecule has 12 atom stereocenters. The van der Waals surface area contributed by atoms with Gasteiger partial charge in [-0.2, -0.15) is 0 Å². The quantitative estimate of drug-likeness (QED) is 0.0157. The van der Waals surface area contributed by atoms with Gasteiger partial charge in [0.1, 0.15) is 66.5 Å². The van der Waals surface area contributed by atoms with Gasteiger partial charge in [-0.25, -0.2) is 4.79 Å². The number of aliphatic carboxylic acids is 2. The van der Waals surface area contributed by atoms with Crippen LogP contribution in [0.15, 0.2) is 4.99 Å². The van der Waals surface area contributed by atoms with Crippen molar-refractivity contribution in [1.29, 1.82) is 0 Å². The topological polar surface area (TPSA) is 551 Å². The molecule has 2 saturated heterocycles. The molecule has 21 N–H and O–H groups in total. The van der Waals surface area contributed by atoms with Crippen LogP contribution in [0.1, 0.15) is 120 Å². The second-order valence-corrected chi connectivity index (χ2v) is 22.7. The predicted molar refractivity (Wildman–Crippen MR) is 308 cm³/mol. The molecule has 0 bridgehead atoms. The molecular formula is C53H90N16O18. The maximum atomic E-state index is 13.9. The number of carboxylic acid groups (broad SMARTS) is 2. The van der Waals surface area contributed by atoms with Gasteiger partial charge in [-0.3, -0.25) is 67.3 Å². The van der Waals surface area contributed by atoms with Crippen LogP contribution >= 0.6 is 0 Å². The fourth-order valence-corrected chi connectivity index (χ4v) is 9.47.